The Kier molecular flexibility index (Phi) is 6.11. The van der Waals surface area contributed by atoms with E-state index < -0.39 is 10.2 Å². The zero-order valence-corrected chi connectivity index (χ0v) is 11.7. The highest BCUT2D eigenvalue weighted by Gasteiger charge is 2.16. The number of nitrogens with zero attached hydrogens (tertiary/aromatic N) is 1. The van der Waals surface area contributed by atoms with E-state index >= 15 is 0 Å². The maximum Gasteiger partial charge on any atom is 0.301 e. The van der Waals surface area contributed by atoms with Gasteiger partial charge in [0.15, 0.2) is 0 Å². The van der Waals surface area contributed by atoms with Gasteiger partial charge in [-0.3, -0.25) is 4.72 Å². The predicted octanol–water partition coefficient (Wildman–Crippen LogP) is 1.27. The van der Waals surface area contributed by atoms with E-state index in [1.165, 1.54) is 4.31 Å². The van der Waals surface area contributed by atoms with Crippen molar-refractivity contribution in [2.45, 2.75) is 13.3 Å². The van der Waals surface area contributed by atoms with Crippen LogP contribution in [-0.4, -0.2) is 39.4 Å². The van der Waals surface area contributed by atoms with Crippen molar-refractivity contribution < 1.29 is 8.42 Å². The molecular weight excluding hydrogens is 250 g/mol. The molecule has 6 heteroatoms. The number of hydrogen-bond acceptors (Lipinski definition) is 3. The standard InChI is InChI=1S/C12H21N3O2S/c1-3-13-10-7-11-15(2)18(16,17)14-12-8-5-4-6-9-12/h4-6,8-9,13-14H,3,7,10-11H2,1-2H3. The molecule has 2 N–H and O–H groups in total. The van der Waals surface area contributed by atoms with Crippen LogP contribution in [0.4, 0.5) is 5.69 Å². The van der Waals surface area contributed by atoms with Crippen molar-refractivity contribution >= 4 is 15.9 Å². The maximum atomic E-state index is 12.0. The molecule has 0 saturated carbocycles. The number of hydrogen-bond donors (Lipinski definition) is 2. The molecule has 0 aromatic heterocycles. The number of benzene rings is 1. The van der Waals surface area contributed by atoms with Crippen LogP contribution in [0.25, 0.3) is 0 Å². The minimum atomic E-state index is -3.44. The predicted molar refractivity (Wildman–Crippen MR) is 74.8 cm³/mol. The molecule has 1 rings (SSSR count). The van der Waals surface area contributed by atoms with Crippen molar-refractivity contribution in [3.05, 3.63) is 30.3 Å². The first kappa shape index (κ1) is 14.9. The fraction of sp³-hybridized carbons (Fsp3) is 0.500. The van der Waals surface area contributed by atoms with Gasteiger partial charge in [0.1, 0.15) is 0 Å². The lowest BCUT2D eigenvalue weighted by molar-refractivity contribution is 0.459. The summed E-state index contributed by atoms with van der Waals surface area (Å²) in [6.45, 7) is 4.24. The molecule has 1 aromatic carbocycles. The Morgan fingerprint density at radius 3 is 2.50 bits per heavy atom. The zero-order chi connectivity index (χ0) is 13.4. The summed E-state index contributed by atoms with van der Waals surface area (Å²) in [6, 6.07) is 8.89. The van der Waals surface area contributed by atoms with E-state index in [2.05, 4.69) is 10.0 Å². The summed E-state index contributed by atoms with van der Waals surface area (Å²) in [4.78, 5) is 0. The van der Waals surface area contributed by atoms with E-state index in [4.69, 9.17) is 0 Å². The molecule has 1 aromatic rings. The number of rotatable bonds is 8. The number of anilines is 1. The van der Waals surface area contributed by atoms with Gasteiger partial charge in [0.25, 0.3) is 0 Å². The Morgan fingerprint density at radius 1 is 1.22 bits per heavy atom. The van der Waals surface area contributed by atoms with E-state index in [0.29, 0.717) is 12.2 Å². The van der Waals surface area contributed by atoms with Crippen molar-refractivity contribution in [3.8, 4) is 0 Å². The monoisotopic (exact) mass is 271 g/mol. The summed E-state index contributed by atoms with van der Waals surface area (Å²) in [5.74, 6) is 0. The molecule has 102 valence electrons. The lowest BCUT2D eigenvalue weighted by atomic mass is 10.3. The Hall–Kier alpha value is -1.11. The molecule has 0 aliphatic heterocycles. The summed E-state index contributed by atoms with van der Waals surface area (Å²) in [6.07, 6.45) is 0.792. The van der Waals surface area contributed by atoms with Gasteiger partial charge >= 0.3 is 10.2 Å². The van der Waals surface area contributed by atoms with Gasteiger partial charge in [0.2, 0.25) is 0 Å². The Morgan fingerprint density at radius 2 is 1.89 bits per heavy atom. The van der Waals surface area contributed by atoms with Crippen molar-refractivity contribution in [1.29, 1.82) is 0 Å². The molecule has 0 amide bonds. The smallest absolute Gasteiger partial charge is 0.301 e. The van der Waals surface area contributed by atoms with E-state index in [9.17, 15) is 8.42 Å². The highest BCUT2D eigenvalue weighted by atomic mass is 32.2. The van der Waals surface area contributed by atoms with Gasteiger partial charge in [-0.05, 0) is 31.6 Å². The third kappa shape index (κ3) is 5.03. The third-order valence-electron chi connectivity index (χ3n) is 2.51. The van der Waals surface area contributed by atoms with Crippen LogP contribution in [0.5, 0.6) is 0 Å². The number of nitrogens with one attached hydrogen (secondary N) is 2. The molecule has 0 atom stereocenters. The highest BCUT2D eigenvalue weighted by Crippen LogP contribution is 2.09. The average molecular weight is 271 g/mol. The number of para-hydroxylation sites is 1. The highest BCUT2D eigenvalue weighted by molar-refractivity contribution is 7.90. The maximum absolute atomic E-state index is 12.0. The lowest BCUT2D eigenvalue weighted by Gasteiger charge is -2.18. The van der Waals surface area contributed by atoms with E-state index in [0.717, 1.165) is 19.5 Å². The summed E-state index contributed by atoms with van der Waals surface area (Å²) in [7, 11) is -1.86. The summed E-state index contributed by atoms with van der Waals surface area (Å²) in [5, 5.41) is 3.16. The largest absolute Gasteiger partial charge is 0.317 e. The molecule has 0 saturated heterocycles. The van der Waals surface area contributed by atoms with Gasteiger partial charge in [0.05, 0.1) is 0 Å². The summed E-state index contributed by atoms with van der Waals surface area (Å²) >= 11 is 0. The molecular formula is C12H21N3O2S. The van der Waals surface area contributed by atoms with Gasteiger partial charge in [-0.1, -0.05) is 25.1 Å². The molecule has 0 unspecified atom stereocenters. The second-order valence-electron chi connectivity index (χ2n) is 4.00. The van der Waals surface area contributed by atoms with Crippen LogP contribution in [0, 0.1) is 0 Å². The van der Waals surface area contributed by atoms with Crippen LogP contribution < -0.4 is 10.0 Å². The van der Waals surface area contributed by atoms with E-state index in [-0.39, 0.29) is 0 Å². The minimum Gasteiger partial charge on any atom is -0.317 e. The summed E-state index contributed by atoms with van der Waals surface area (Å²) in [5.41, 5.74) is 0.580. The van der Waals surface area contributed by atoms with Gasteiger partial charge in [0, 0.05) is 19.3 Å². The topological polar surface area (TPSA) is 61.4 Å². The van der Waals surface area contributed by atoms with Crippen LogP contribution in [0.1, 0.15) is 13.3 Å². The average Bonchev–Trinajstić information content (AvgIpc) is 2.35. The van der Waals surface area contributed by atoms with E-state index in [1.54, 1.807) is 31.3 Å². The quantitative estimate of drug-likeness (QED) is 0.700. The van der Waals surface area contributed by atoms with Gasteiger partial charge in [-0.2, -0.15) is 12.7 Å². The molecule has 18 heavy (non-hydrogen) atoms. The Labute approximate surface area is 109 Å². The molecule has 0 spiro atoms. The molecule has 5 nitrogen and oxygen atoms in total. The van der Waals surface area contributed by atoms with Crippen molar-refractivity contribution in [1.82, 2.24) is 9.62 Å². The van der Waals surface area contributed by atoms with Crippen LogP contribution in [0.2, 0.25) is 0 Å². The first-order chi connectivity index (χ1) is 8.56. The van der Waals surface area contributed by atoms with Crippen LogP contribution in [0.15, 0.2) is 30.3 Å². The minimum absolute atomic E-state index is 0.495. The first-order valence-electron chi connectivity index (χ1n) is 6.06. The SMILES string of the molecule is CCNCCCN(C)S(=O)(=O)Nc1ccccc1. The van der Waals surface area contributed by atoms with Gasteiger partial charge < -0.3 is 5.32 Å². The van der Waals surface area contributed by atoms with Crippen LogP contribution in [0.3, 0.4) is 0 Å². The third-order valence-corrected chi connectivity index (χ3v) is 4.00. The van der Waals surface area contributed by atoms with Gasteiger partial charge in [-0.15, -0.1) is 0 Å². The lowest BCUT2D eigenvalue weighted by Crippen LogP contribution is -2.34. The fourth-order valence-corrected chi connectivity index (χ4v) is 2.42. The molecule has 0 fully saturated rings. The van der Waals surface area contributed by atoms with Crippen LogP contribution in [-0.2, 0) is 10.2 Å². The second-order valence-corrected chi connectivity index (χ2v) is 5.78. The van der Waals surface area contributed by atoms with Gasteiger partial charge in [-0.25, -0.2) is 0 Å². The first-order valence-corrected chi connectivity index (χ1v) is 7.50. The molecule has 0 bridgehead atoms. The van der Waals surface area contributed by atoms with Crippen LogP contribution >= 0.6 is 0 Å². The normalized spacial score (nSPS) is 11.7. The fourth-order valence-electron chi connectivity index (χ4n) is 1.46. The molecule has 0 heterocycles. The van der Waals surface area contributed by atoms with Crippen molar-refractivity contribution in [2.24, 2.45) is 0 Å². The Balaban J connectivity index is 2.47. The molecule has 0 aliphatic carbocycles. The van der Waals surface area contributed by atoms with Crippen molar-refractivity contribution in [2.75, 3.05) is 31.4 Å². The molecule has 0 aliphatic rings. The van der Waals surface area contributed by atoms with E-state index in [1.807, 2.05) is 13.0 Å². The summed E-state index contributed by atoms with van der Waals surface area (Å²) < 4.78 is 27.8. The zero-order valence-electron chi connectivity index (χ0n) is 10.9. The van der Waals surface area contributed by atoms with Crippen molar-refractivity contribution in [3.63, 3.8) is 0 Å². The second kappa shape index (κ2) is 7.35. The Bertz CT molecular complexity index is 434. The molecule has 0 radical (unpaired) electrons.